The summed E-state index contributed by atoms with van der Waals surface area (Å²) in [5.74, 6) is 0. The Morgan fingerprint density at radius 1 is 0.800 bits per heavy atom. The van der Waals surface area contributed by atoms with Crippen LogP contribution in [0.2, 0.25) is 0 Å². The van der Waals surface area contributed by atoms with Gasteiger partial charge in [-0.25, -0.2) is 0 Å². The van der Waals surface area contributed by atoms with E-state index in [9.17, 15) is 0 Å². The monoisotopic (exact) mass is 324 g/mol. The molecule has 1 N–H and O–H groups in total. The van der Waals surface area contributed by atoms with Crippen molar-refractivity contribution in [2.24, 2.45) is 0 Å². The van der Waals surface area contributed by atoms with Crippen LogP contribution in [0.4, 0.5) is 0 Å². The molecule has 5 rings (SSSR count). The molecule has 1 aliphatic rings. The maximum absolute atomic E-state index is 4.79. The number of nitrogens with one attached hydrogen (secondary N) is 1. The summed E-state index contributed by atoms with van der Waals surface area (Å²) in [4.78, 5) is 8.08. The second-order valence-corrected chi connectivity index (χ2v) is 6.82. The van der Waals surface area contributed by atoms with Crippen molar-refractivity contribution in [3.63, 3.8) is 0 Å². The van der Waals surface area contributed by atoms with Gasteiger partial charge in [-0.2, -0.15) is 0 Å². The first kappa shape index (κ1) is 14.5. The smallest absolute Gasteiger partial charge is 0.0742 e. The minimum atomic E-state index is 1.11. The Balaban J connectivity index is 1.75. The number of nitrogens with zero attached hydrogens (tertiary/aromatic N) is 1. The molecule has 0 saturated heterocycles. The molecule has 0 saturated carbocycles. The summed E-state index contributed by atoms with van der Waals surface area (Å²) >= 11 is 0. The standard InChI is InChI=1S/C23H20N2/c1-2-7-20-16(5-1)11-14-25-23(20)21-8-4-3-6-19(21)17-9-10-22-18(15-17)12-13-24-22/h1-2,5,7,9-15,24H,3-4,6,8H2. The molecule has 25 heavy (non-hydrogen) atoms. The molecule has 2 heterocycles. The highest BCUT2D eigenvalue weighted by Gasteiger charge is 2.19. The Hall–Kier alpha value is -2.87. The van der Waals surface area contributed by atoms with Gasteiger partial charge in [0, 0.05) is 23.3 Å². The van der Waals surface area contributed by atoms with Crippen LogP contribution in [0, 0.1) is 0 Å². The maximum Gasteiger partial charge on any atom is 0.0742 e. The fourth-order valence-electron chi connectivity index (χ4n) is 4.09. The van der Waals surface area contributed by atoms with Crippen LogP contribution < -0.4 is 0 Å². The molecule has 0 atom stereocenters. The molecule has 0 amide bonds. The van der Waals surface area contributed by atoms with Crippen LogP contribution in [0.15, 0.2) is 67.0 Å². The summed E-state index contributed by atoms with van der Waals surface area (Å²) in [5.41, 5.74) is 6.61. The molecule has 0 bridgehead atoms. The first-order valence-electron chi connectivity index (χ1n) is 9.04. The first-order valence-corrected chi connectivity index (χ1v) is 9.04. The average molecular weight is 324 g/mol. The van der Waals surface area contributed by atoms with Crippen molar-refractivity contribution in [3.05, 3.63) is 78.2 Å². The predicted octanol–water partition coefficient (Wildman–Crippen LogP) is 6.20. The molecule has 122 valence electrons. The average Bonchev–Trinajstić information content (AvgIpc) is 3.15. The second kappa shape index (κ2) is 5.89. The largest absolute Gasteiger partial charge is 0.361 e. The molecule has 2 aromatic carbocycles. The van der Waals surface area contributed by atoms with Crippen molar-refractivity contribution in [1.29, 1.82) is 0 Å². The van der Waals surface area contributed by atoms with Crippen molar-refractivity contribution in [1.82, 2.24) is 9.97 Å². The minimum Gasteiger partial charge on any atom is -0.361 e. The number of H-pyrrole nitrogens is 1. The van der Waals surface area contributed by atoms with E-state index >= 15 is 0 Å². The molecule has 0 aliphatic heterocycles. The lowest BCUT2D eigenvalue weighted by molar-refractivity contribution is 0.752. The van der Waals surface area contributed by atoms with Crippen LogP contribution in [0.1, 0.15) is 36.9 Å². The van der Waals surface area contributed by atoms with E-state index in [-0.39, 0.29) is 0 Å². The zero-order valence-corrected chi connectivity index (χ0v) is 14.1. The van der Waals surface area contributed by atoms with E-state index in [1.807, 2.05) is 12.4 Å². The third-order valence-electron chi connectivity index (χ3n) is 5.33. The van der Waals surface area contributed by atoms with E-state index in [2.05, 4.69) is 59.6 Å². The van der Waals surface area contributed by atoms with E-state index in [0.29, 0.717) is 0 Å². The Kier molecular flexibility index (Phi) is 3.41. The van der Waals surface area contributed by atoms with Crippen LogP contribution in [-0.4, -0.2) is 9.97 Å². The lowest BCUT2D eigenvalue weighted by Crippen LogP contribution is -2.01. The number of benzene rings is 2. The molecule has 4 aromatic rings. The number of aromatic amines is 1. The first-order chi connectivity index (χ1) is 12.4. The van der Waals surface area contributed by atoms with Crippen LogP contribution >= 0.6 is 0 Å². The van der Waals surface area contributed by atoms with Crippen LogP contribution in [0.5, 0.6) is 0 Å². The van der Waals surface area contributed by atoms with Gasteiger partial charge in [0.25, 0.3) is 0 Å². The van der Waals surface area contributed by atoms with Crippen molar-refractivity contribution < 1.29 is 0 Å². The third-order valence-corrected chi connectivity index (χ3v) is 5.33. The normalized spacial score (nSPS) is 15.2. The van der Waals surface area contributed by atoms with Gasteiger partial charge in [0.1, 0.15) is 0 Å². The molecule has 0 radical (unpaired) electrons. The molecule has 0 fully saturated rings. The molecule has 2 aromatic heterocycles. The van der Waals surface area contributed by atoms with E-state index in [4.69, 9.17) is 4.98 Å². The van der Waals surface area contributed by atoms with Crippen LogP contribution in [0.3, 0.4) is 0 Å². The van der Waals surface area contributed by atoms with Gasteiger partial charge in [0.2, 0.25) is 0 Å². The van der Waals surface area contributed by atoms with Gasteiger partial charge in [-0.1, -0.05) is 30.3 Å². The fraction of sp³-hybridized carbons (Fsp3) is 0.174. The summed E-state index contributed by atoms with van der Waals surface area (Å²) in [6, 6.07) is 19.6. The predicted molar refractivity (Wildman–Crippen MR) is 105 cm³/mol. The van der Waals surface area contributed by atoms with Crippen molar-refractivity contribution in [3.8, 4) is 0 Å². The van der Waals surface area contributed by atoms with Gasteiger partial charge in [-0.3, -0.25) is 4.98 Å². The number of aromatic nitrogens is 2. The van der Waals surface area contributed by atoms with Crippen LogP contribution in [-0.2, 0) is 0 Å². The Bertz CT molecular complexity index is 1100. The van der Waals surface area contributed by atoms with E-state index in [1.165, 1.54) is 56.9 Å². The van der Waals surface area contributed by atoms with Crippen molar-refractivity contribution in [2.45, 2.75) is 25.7 Å². The zero-order chi connectivity index (χ0) is 16.6. The number of allylic oxidation sites excluding steroid dienone is 2. The summed E-state index contributed by atoms with van der Waals surface area (Å²) in [6.45, 7) is 0. The number of hydrogen-bond donors (Lipinski definition) is 1. The fourth-order valence-corrected chi connectivity index (χ4v) is 4.09. The van der Waals surface area contributed by atoms with E-state index in [1.54, 1.807) is 0 Å². The van der Waals surface area contributed by atoms with Crippen molar-refractivity contribution >= 4 is 32.8 Å². The van der Waals surface area contributed by atoms with E-state index < -0.39 is 0 Å². The van der Waals surface area contributed by atoms with Gasteiger partial charge in [-0.05, 0) is 77.4 Å². The SMILES string of the molecule is c1ccc2c(C3=C(c4ccc5[nH]ccc5c4)CCCC3)nccc2c1. The maximum atomic E-state index is 4.79. The lowest BCUT2D eigenvalue weighted by Gasteiger charge is -2.21. The van der Waals surface area contributed by atoms with Crippen LogP contribution in [0.25, 0.3) is 32.8 Å². The molecule has 1 aliphatic carbocycles. The second-order valence-electron chi connectivity index (χ2n) is 6.82. The number of rotatable bonds is 2. The van der Waals surface area contributed by atoms with Gasteiger partial charge in [0.15, 0.2) is 0 Å². The highest BCUT2D eigenvalue weighted by molar-refractivity contribution is 6.01. The Morgan fingerprint density at radius 3 is 2.64 bits per heavy atom. The van der Waals surface area contributed by atoms with Crippen molar-refractivity contribution in [2.75, 3.05) is 0 Å². The number of pyridine rings is 1. The number of fused-ring (bicyclic) bond motifs is 2. The molecule has 0 unspecified atom stereocenters. The molecular weight excluding hydrogens is 304 g/mol. The zero-order valence-electron chi connectivity index (χ0n) is 14.1. The Morgan fingerprint density at radius 2 is 1.68 bits per heavy atom. The van der Waals surface area contributed by atoms with Gasteiger partial charge >= 0.3 is 0 Å². The minimum absolute atomic E-state index is 1.11. The molecular formula is C23H20N2. The lowest BCUT2D eigenvalue weighted by atomic mass is 9.84. The molecule has 2 nitrogen and oxygen atoms in total. The third kappa shape index (κ3) is 2.45. The summed E-state index contributed by atoms with van der Waals surface area (Å²) in [6.07, 6.45) is 8.71. The van der Waals surface area contributed by atoms with E-state index in [0.717, 1.165) is 12.8 Å². The molecule has 0 spiro atoms. The quantitative estimate of drug-likeness (QED) is 0.467. The topological polar surface area (TPSA) is 28.7 Å². The van der Waals surface area contributed by atoms with Gasteiger partial charge < -0.3 is 4.98 Å². The van der Waals surface area contributed by atoms with Gasteiger partial charge in [0.05, 0.1) is 5.69 Å². The van der Waals surface area contributed by atoms with Gasteiger partial charge in [-0.15, -0.1) is 0 Å². The summed E-state index contributed by atoms with van der Waals surface area (Å²) < 4.78 is 0. The summed E-state index contributed by atoms with van der Waals surface area (Å²) in [5, 5.41) is 3.81. The number of hydrogen-bond acceptors (Lipinski definition) is 1. The summed E-state index contributed by atoms with van der Waals surface area (Å²) in [7, 11) is 0. The highest BCUT2D eigenvalue weighted by atomic mass is 14.7. The highest BCUT2D eigenvalue weighted by Crippen LogP contribution is 2.40. The Labute approximate surface area is 147 Å². The molecule has 2 heteroatoms.